The van der Waals surface area contributed by atoms with Gasteiger partial charge in [0, 0.05) is 5.56 Å². The molecule has 84 valence electrons. The smallest absolute Gasteiger partial charge is 0.225 e. The second-order valence-corrected chi connectivity index (χ2v) is 5.43. The fraction of sp³-hybridized carbons (Fsp3) is 0.308. The molecule has 16 heavy (non-hydrogen) atoms. The summed E-state index contributed by atoms with van der Waals surface area (Å²) in [6.07, 6.45) is 0. The van der Waals surface area contributed by atoms with E-state index in [0.29, 0.717) is 5.88 Å². The number of hydrogen-bond acceptors (Lipinski definition) is 3. The van der Waals surface area contributed by atoms with Crippen LogP contribution in [0, 0.1) is 0 Å². The van der Waals surface area contributed by atoms with Gasteiger partial charge < -0.3 is 4.74 Å². The van der Waals surface area contributed by atoms with Gasteiger partial charge in [-0.1, -0.05) is 30.3 Å². The third-order valence-electron chi connectivity index (χ3n) is 1.91. The summed E-state index contributed by atoms with van der Waals surface area (Å²) in [5.41, 5.74) is 0.943. The van der Waals surface area contributed by atoms with Gasteiger partial charge in [0.25, 0.3) is 0 Å². The lowest BCUT2D eigenvalue weighted by atomic mass is 10.2. The molecule has 0 aliphatic heterocycles. The molecule has 0 fully saturated rings. The Morgan fingerprint density at radius 3 is 2.44 bits per heavy atom. The van der Waals surface area contributed by atoms with E-state index in [2.05, 4.69) is 17.1 Å². The molecule has 0 spiro atoms. The molecule has 2 aromatic rings. The summed E-state index contributed by atoms with van der Waals surface area (Å²) >= 11 is 1.61. The quantitative estimate of drug-likeness (QED) is 0.782. The molecule has 0 saturated heterocycles. The van der Waals surface area contributed by atoms with Crippen LogP contribution in [0.1, 0.15) is 20.8 Å². The highest BCUT2D eigenvalue weighted by atomic mass is 32.1. The molecular weight excluding hydrogens is 218 g/mol. The van der Waals surface area contributed by atoms with Gasteiger partial charge in [-0.2, -0.15) is 0 Å². The van der Waals surface area contributed by atoms with E-state index < -0.39 is 0 Å². The minimum Gasteiger partial charge on any atom is -0.471 e. The lowest BCUT2D eigenvalue weighted by Crippen LogP contribution is -2.23. The molecule has 0 N–H and O–H groups in total. The molecule has 1 heterocycles. The molecule has 0 aliphatic carbocycles. The van der Waals surface area contributed by atoms with Crippen molar-refractivity contribution in [1.29, 1.82) is 0 Å². The van der Waals surface area contributed by atoms with Crippen LogP contribution in [0.25, 0.3) is 10.6 Å². The first-order valence-electron chi connectivity index (χ1n) is 5.24. The number of aromatic nitrogens is 1. The van der Waals surface area contributed by atoms with Crippen LogP contribution in [0.4, 0.5) is 0 Å². The van der Waals surface area contributed by atoms with Crippen LogP contribution in [-0.4, -0.2) is 10.6 Å². The van der Waals surface area contributed by atoms with Gasteiger partial charge in [-0.25, -0.2) is 4.98 Å². The fourth-order valence-electron chi connectivity index (χ4n) is 1.33. The van der Waals surface area contributed by atoms with E-state index in [1.165, 1.54) is 0 Å². The summed E-state index contributed by atoms with van der Waals surface area (Å²) in [5, 5.41) is 2.95. The Kier molecular flexibility index (Phi) is 2.97. The van der Waals surface area contributed by atoms with Crippen molar-refractivity contribution in [3.63, 3.8) is 0 Å². The van der Waals surface area contributed by atoms with Gasteiger partial charge in [0.1, 0.15) is 10.6 Å². The molecule has 0 saturated carbocycles. The minimum atomic E-state index is -0.192. The van der Waals surface area contributed by atoms with Gasteiger partial charge in [-0.3, -0.25) is 0 Å². The zero-order chi connectivity index (χ0) is 11.6. The van der Waals surface area contributed by atoms with E-state index in [-0.39, 0.29) is 5.60 Å². The largest absolute Gasteiger partial charge is 0.471 e. The number of nitrogens with zero attached hydrogens (tertiary/aromatic N) is 1. The van der Waals surface area contributed by atoms with Gasteiger partial charge in [-0.15, -0.1) is 11.3 Å². The lowest BCUT2D eigenvalue weighted by Gasteiger charge is -2.18. The summed E-state index contributed by atoms with van der Waals surface area (Å²) in [6.45, 7) is 6.07. The van der Waals surface area contributed by atoms with Crippen LogP contribution in [0.5, 0.6) is 5.88 Å². The van der Waals surface area contributed by atoms with Gasteiger partial charge in [0.2, 0.25) is 5.88 Å². The van der Waals surface area contributed by atoms with Crippen LogP contribution in [-0.2, 0) is 0 Å². The maximum atomic E-state index is 5.70. The normalized spacial score (nSPS) is 11.4. The van der Waals surface area contributed by atoms with Crippen molar-refractivity contribution in [2.24, 2.45) is 0 Å². The zero-order valence-corrected chi connectivity index (χ0v) is 10.5. The number of ether oxygens (including phenoxy) is 1. The van der Waals surface area contributed by atoms with Crippen LogP contribution in [0.3, 0.4) is 0 Å². The van der Waals surface area contributed by atoms with E-state index in [1.54, 1.807) is 11.3 Å². The second kappa shape index (κ2) is 4.26. The highest BCUT2D eigenvalue weighted by molar-refractivity contribution is 7.13. The van der Waals surface area contributed by atoms with Crippen molar-refractivity contribution in [3.8, 4) is 16.5 Å². The predicted molar refractivity (Wildman–Crippen MR) is 67.9 cm³/mol. The zero-order valence-electron chi connectivity index (χ0n) is 9.73. The number of benzene rings is 1. The van der Waals surface area contributed by atoms with Crippen molar-refractivity contribution < 1.29 is 4.74 Å². The molecule has 2 nitrogen and oxygen atoms in total. The molecule has 2 rings (SSSR count). The van der Waals surface area contributed by atoms with E-state index >= 15 is 0 Å². The minimum absolute atomic E-state index is 0.192. The average Bonchev–Trinajstić information content (AvgIpc) is 2.65. The molecule has 0 bridgehead atoms. The van der Waals surface area contributed by atoms with Gasteiger partial charge in [0.15, 0.2) is 0 Å². The maximum Gasteiger partial charge on any atom is 0.225 e. The van der Waals surface area contributed by atoms with Crippen molar-refractivity contribution in [1.82, 2.24) is 4.98 Å². The Labute approximate surface area is 99.9 Å². The highest BCUT2D eigenvalue weighted by Crippen LogP contribution is 2.28. The first-order valence-corrected chi connectivity index (χ1v) is 6.12. The molecular formula is C13H15NOS. The van der Waals surface area contributed by atoms with E-state index in [9.17, 15) is 0 Å². The Bertz CT molecular complexity index is 456. The average molecular weight is 233 g/mol. The van der Waals surface area contributed by atoms with Crippen molar-refractivity contribution in [3.05, 3.63) is 35.7 Å². The summed E-state index contributed by atoms with van der Waals surface area (Å²) in [6, 6.07) is 10.1. The summed E-state index contributed by atoms with van der Waals surface area (Å²) in [7, 11) is 0. The SMILES string of the molecule is CC(C)(C)Oc1csc(-c2ccccc2)n1. The first-order chi connectivity index (χ1) is 7.54. The van der Waals surface area contributed by atoms with Gasteiger partial charge >= 0.3 is 0 Å². The molecule has 1 aromatic carbocycles. The number of rotatable bonds is 2. The van der Waals surface area contributed by atoms with E-state index in [0.717, 1.165) is 10.6 Å². The lowest BCUT2D eigenvalue weighted by molar-refractivity contribution is 0.125. The summed E-state index contributed by atoms with van der Waals surface area (Å²) in [5.74, 6) is 0.705. The van der Waals surface area contributed by atoms with Crippen LogP contribution in [0.2, 0.25) is 0 Å². The van der Waals surface area contributed by atoms with Gasteiger partial charge in [-0.05, 0) is 20.8 Å². The summed E-state index contributed by atoms with van der Waals surface area (Å²) in [4.78, 5) is 4.46. The summed E-state index contributed by atoms with van der Waals surface area (Å²) < 4.78 is 5.70. The molecule has 0 unspecified atom stereocenters. The standard InChI is InChI=1S/C13H15NOS/c1-13(2,3)15-11-9-16-12(14-11)10-7-5-4-6-8-10/h4-9H,1-3H3. The Morgan fingerprint density at radius 2 is 1.81 bits per heavy atom. The molecule has 0 radical (unpaired) electrons. The van der Waals surface area contributed by atoms with Crippen molar-refractivity contribution in [2.45, 2.75) is 26.4 Å². The topological polar surface area (TPSA) is 22.1 Å². The van der Waals surface area contributed by atoms with Crippen molar-refractivity contribution >= 4 is 11.3 Å². The first kappa shape index (κ1) is 11.1. The van der Waals surface area contributed by atoms with Crippen LogP contribution >= 0.6 is 11.3 Å². The monoisotopic (exact) mass is 233 g/mol. The number of thiazole rings is 1. The van der Waals surface area contributed by atoms with Gasteiger partial charge in [0.05, 0.1) is 5.38 Å². The molecule has 0 amide bonds. The molecule has 0 atom stereocenters. The van der Waals surface area contributed by atoms with Crippen LogP contribution in [0.15, 0.2) is 35.7 Å². The second-order valence-electron chi connectivity index (χ2n) is 4.57. The Morgan fingerprint density at radius 1 is 1.12 bits per heavy atom. The third kappa shape index (κ3) is 2.83. The molecule has 0 aliphatic rings. The number of hydrogen-bond donors (Lipinski definition) is 0. The highest BCUT2D eigenvalue weighted by Gasteiger charge is 2.14. The predicted octanol–water partition coefficient (Wildman–Crippen LogP) is 3.99. The molecule has 1 aromatic heterocycles. The van der Waals surface area contributed by atoms with E-state index in [4.69, 9.17) is 4.74 Å². The van der Waals surface area contributed by atoms with E-state index in [1.807, 2.05) is 44.4 Å². The van der Waals surface area contributed by atoms with Crippen molar-refractivity contribution in [2.75, 3.05) is 0 Å². The maximum absolute atomic E-state index is 5.70. The third-order valence-corrected chi connectivity index (χ3v) is 2.78. The fourth-order valence-corrected chi connectivity index (χ4v) is 2.06. The Balaban J connectivity index is 2.21. The molecule has 3 heteroatoms. The van der Waals surface area contributed by atoms with Crippen LogP contribution < -0.4 is 4.74 Å². The Hall–Kier alpha value is -1.35.